The maximum absolute atomic E-state index is 13.1. The van der Waals surface area contributed by atoms with Gasteiger partial charge in [-0.1, -0.05) is 0 Å². The van der Waals surface area contributed by atoms with Crippen LogP contribution in [-0.2, 0) is 11.3 Å². The molecule has 0 fully saturated rings. The van der Waals surface area contributed by atoms with Crippen molar-refractivity contribution in [1.29, 1.82) is 0 Å². The first kappa shape index (κ1) is 22.5. The van der Waals surface area contributed by atoms with E-state index in [0.29, 0.717) is 6.29 Å². The number of nitrogen functional groups attached to an aromatic ring is 1. The highest BCUT2D eigenvalue weighted by Crippen LogP contribution is 2.34. The van der Waals surface area contributed by atoms with Crippen LogP contribution < -0.4 is 26.1 Å². The predicted octanol–water partition coefficient (Wildman–Crippen LogP) is 1.17. The van der Waals surface area contributed by atoms with Gasteiger partial charge in [0.05, 0.1) is 18.1 Å². The van der Waals surface area contributed by atoms with Crippen LogP contribution in [0.15, 0.2) is 29.3 Å². The lowest BCUT2D eigenvalue weighted by Gasteiger charge is -2.17. The number of methoxy groups -OCH3 is 1. The molecule has 0 aliphatic heterocycles. The highest BCUT2D eigenvalue weighted by molar-refractivity contribution is 6.03. The summed E-state index contributed by atoms with van der Waals surface area (Å²) in [6, 6.07) is 2.44. The van der Waals surface area contributed by atoms with Crippen molar-refractivity contribution < 1.29 is 32.2 Å². The molecule has 1 aromatic carbocycles. The molecule has 2 aromatic heterocycles. The molecule has 0 unspecified atom stereocenters. The largest absolute Gasteiger partial charge is 0.491 e. The van der Waals surface area contributed by atoms with Gasteiger partial charge in [-0.05, 0) is 12.1 Å². The molecule has 3 N–H and O–H groups in total. The number of anilines is 2. The molecule has 0 bridgehead atoms. The SMILES string of the molecule is COc1c(OCC=O)ccc2c(=O)n(CC(F)(F)F)c(NC(=O)c3cnc(N)nc3)nc12. The van der Waals surface area contributed by atoms with Crippen molar-refractivity contribution in [2.75, 3.05) is 24.8 Å². The zero-order valence-corrected chi connectivity index (χ0v) is 16.3. The number of nitrogens with one attached hydrogen (secondary N) is 1. The molecule has 1 amide bonds. The van der Waals surface area contributed by atoms with E-state index in [1.54, 1.807) is 0 Å². The molecule has 0 atom stereocenters. The van der Waals surface area contributed by atoms with Crippen molar-refractivity contribution >= 4 is 35.0 Å². The zero-order chi connectivity index (χ0) is 23.5. The van der Waals surface area contributed by atoms with E-state index < -0.39 is 30.1 Å². The maximum atomic E-state index is 13.1. The summed E-state index contributed by atoms with van der Waals surface area (Å²) in [5, 5.41) is 1.93. The summed E-state index contributed by atoms with van der Waals surface area (Å²) in [5.41, 5.74) is 3.95. The summed E-state index contributed by atoms with van der Waals surface area (Å²) in [6.45, 7) is -2.05. The molecule has 11 nitrogen and oxygen atoms in total. The number of hydrogen-bond donors (Lipinski definition) is 2. The van der Waals surface area contributed by atoms with Gasteiger partial charge in [-0.25, -0.2) is 15.0 Å². The second kappa shape index (κ2) is 8.87. The fourth-order valence-corrected chi connectivity index (χ4v) is 2.73. The average molecular weight is 452 g/mol. The van der Waals surface area contributed by atoms with Crippen LogP contribution in [0.2, 0.25) is 0 Å². The number of nitrogens with zero attached hydrogens (tertiary/aromatic N) is 4. The van der Waals surface area contributed by atoms with Crippen LogP contribution in [0.1, 0.15) is 10.4 Å². The summed E-state index contributed by atoms with van der Waals surface area (Å²) >= 11 is 0. The lowest BCUT2D eigenvalue weighted by Crippen LogP contribution is -2.32. The standard InChI is InChI=1S/C18H15F3N6O5/c1-31-13-11(32-5-4-28)3-2-10-12(13)25-17(27(15(10)30)8-18(19,20)21)26-14(29)9-6-23-16(22)24-7-9/h2-4,6-7H,5,8H2,1H3,(H2,22,23,24)(H,25,26,29). The van der Waals surface area contributed by atoms with Gasteiger partial charge in [0.25, 0.3) is 11.5 Å². The van der Waals surface area contributed by atoms with Crippen molar-refractivity contribution in [3.63, 3.8) is 0 Å². The van der Waals surface area contributed by atoms with Gasteiger partial charge in [-0.3, -0.25) is 24.3 Å². The molecule has 32 heavy (non-hydrogen) atoms. The Morgan fingerprint density at radius 3 is 2.56 bits per heavy atom. The number of carbonyl (C=O) groups is 2. The van der Waals surface area contributed by atoms with E-state index in [2.05, 4.69) is 20.3 Å². The third kappa shape index (κ3) is 4.74. The number of aromatic nitrogens is 4. The van der Waals surface area contributed by atoms with Crippen molar-refractivity contribution in [3.05, 3.63) is 40.4 Å². The van der Waals surface area contributed by atoms with E-state index in [1.807, 2.05) is 0 Å². The molecule has 0 saturated carbocycles. The topological polar surface area (TPSA) is 151 Å². The highest BCUT2D eigenvalue weighted by Gasteiger charge is 2.31. The number of alkyl halides is 3. The van der Waals surface area contributed by atoms with E-state index >= 15 is 0 Å². The number of nitrogens with two attached hydrogens (primary N) is 1. The van der Waals surface area contributed by atoms with Crippen LogP contribution in [0.3, 0.4) is 0 Å². The van der Waals surface area contributed by atoms with Crippen molar-refractivity contribution in [3.8, 4) is 11.5 Å². The second-order valence-corrected chi connectivity index (χ2v) is 6.20. The summed E-state index contributed by atoms with van der Waals surface area (Å²) < 4.78 is 50.1. The Hall–Kier alpha value is -4.23. The fraction of sp³-hybridized carbons (Fsp3) is 0.222. The minimum atomic E-state index is -4.79. The average Bonchev–Trinajstić information content (AvgIpc) is 2.74. The lowest BCUT2D eigenvalue weighted by molar-refractivity contribution is -0.140. The number of ether oxygens (including phenoxy) is 2. The number of hydrogen-bond acceptors (Lipinski definition) is 9. The smallest absolute Gasteiger partial charge is 0.406 e. The van der Waals surface area contributed by atoms with Crippen molar-refractivity contribution in [2.45, 2.75) is 12.7 Å². The Labute approximate surface area is 177 Å². The Bertz CT molecular complexity index is 1230. The van der Waals surface area contributed by atoms with Crippen LogP contribution >= 0.6 is 0 Å². The van der Waals surface area contributed by atoms with E-state index in [0.717, 1.165) is 12.4 Å². The van der Waals surface area contributed by atoms with Gasteiger partial charge in [0.15, 0.2) is 17.8 Å². The van der Waals surface area contributed by atoms with Crippen molar-refractivity contribution in [2.24, 2.45) is 0 Å². The minimum absolute atomic E-state index is 0.0248. The molecule has 3 rings (SSSR count). The minimum Gasteiger partial charge on any atom is -0.491 e. The Morgan fingerprint density at radius 1 is 1.28 bits per heavy atom. The first-order chi connectivity index (χ1) is 15.1. The van der Waals surface area contributed by atoms with E-state index in [-0.39, 0.29) is 45.1 Å². The number of amides is 1. The van der Waals surface area contributed by atoms with Crippen molar-refractivity contribution in [1.82, 2.24) is 19.5 Å². The number of carbonyl (C=O) groups excluding carboxylic acids is 2. The van der Waals surface area contributed by atoms with E-state index in [1.165, 1.54) is 19.2 Å². The third-order valence-electron chi connectivity index (χ3n) is 4.05. The number of aldehydes is 1. The number of rotatable bonds is 7. The monoisotopic (exact) mass is 452 g/mol. The first-order valence-electron chi connectivity index (χ1n) is 8.78. The quantitative estimate of drug-likeness (QED) is 0.503. The lowest BCUT2D eigenvalue weighted by atomic mass is 10.2. The zero-order valence-electron chi connectivity index (χ0n) is 16.3. The molecular formula is C18H15F3N6O5. The van der Waals surface area contributed by atoms with Gasteiger partial charge in [-0.15, -0.1) is 0 Å². The molecule has 14 heteroatoms. The van der Waals surface area contributed by atoms with Gasteiger partial charge in [0, 0.05) is 12.4 Å². The molecule has 0 spiro atoms. The van der Waals surface area contributed by atoms with Gasteiger partial charge in [0.1, 0.15) is 18.7 Å². The van der Waals surface area contributed by atoms with Crippen LogP contribution in [-0.4, -0.2) is 51.6 Å². The summed E-state index contributed by atoms with van der Waals surface area (Å²) in [4.78, 5) is 47.2. The number of fused-ring (bicyclic) bond motifs is 1. The summed E-state index contributed by atoms with van der Waals surface area (Å²) in [6.07, 6.45) is -2.22. The van der Waals surface area contributed by atoms with Crippen LogP contribution in [0.5, 0.6) is 11.5 Å². The Balaban J connectivity index is 2.19. The Morgan fingerprint density at radius 2 is 1.97 bits per heavy atom. The first-order valence-corrected chi connectivity index (χ1v) is 8.78. The summed E-state index contributed by atoms with van der Waals surface area (Å²) in [7, 11) is 1.22. The molecule has 0 aliphatic carbocycles. The predicted molar refractivity (Wildman–Crippen MR) is 105 cm³/mol. The highest BCUT2D eigenvalue weighted by atomic mass is 19.4. The Kier molecular flexibility index (Phi) is 6.22. The van der Waals surface area contributed by atoms with Gasteiger partial charge < -0.3 is 15.2 Å². The molecule has 2 heterocycles. The maximum Gasteiger partial charge on any atom is 0.406 e. The fourth-order valence-electron chi connectivity index (χ4n) is 2.73. The molecule has 0 radical (unpaired) electrons. The number of benzene rings is 1. The number of halogens is 3. The molecule has 0 saturated heterocycles. The van der Waals surface area contributed by atoms with Gasteiger partial charge >= 0.3 is 6.18 Å². The second-order valence-electron chi connectivity index (χ2n) is 6.20. The third-order valence-corrected chi connectivity index (χ3v) is 4.05. The van der Waals surface area contributed by atoms with E-state index in [9.17, 15) is 27.6 Å². The normalized spacial score (nSPS) is 11.2. The molecule has 3 aromatic rings. The van der Waals surface area contributed by atoms with Crippen LogP contribution in [0.4, 0.5) is 25.1 Å². The van der Waals surface area contributed by atoms with Crippen LogP contribution in [0, 0.1) is 0 Å². The van der Waals surface area contributed by atoms with E-state index in [4.69, 9.17) is 15.2 Å². The van der Waals surface area contributed by atoms with Gasteiger partial charge in [-0.2, -0.15) is 13.2 Å². The van der Waals surface area contributed by atoms with Gasteiger partial charge in [0.2, 0.25) is 11.9 Å². The van der Waals surface area contributed by atoms with Crippen LogP contribution in [0.25, 0.3) is 10.9 Å². The molecular weight excluding hydrogens is 437 g/mol. The molecule has 168 valence electrons. The molecule has 0 aliphatic rings. The summed E-state index contributed by atoms with van der Waals surface area (Å²) in [5.74, 6) is -1.83.